The fourth-order valence-electron chi connectivity index (χ4n) is 0.575. The highest BCUT2D eigenvalue weighted by molar-refractivity contribution is 4.67. The maximum Gasteiger partial charge on any atom is 0.0688 e. The Hall–Kier alpha value is -0.0800. The van der Waals surface area contributed by atoms with Crippen LogP contribution in [0.2, 0.25) is 0 Å². The second-order valence-electron chi connectivity index (χ2n) is 2.05. The Labute approximate surface area is 64.4 Å². The molecule has 64 valence electrons. The number of hydrogen-bond donors (Lipinski definition) is 2. The van der Waals surface area contributed by atoms with E-state index in [4.69, 9.17) is 10.8 Å². The van der Waals surface area contributed by atoms with E-state index in [-0.39, 0.29) is 12.1 Å². The van der Waals surface area contributed by atoms with Gasteiger partial charge < -0.3 is 10.8 Å². The van der Waals surface area contributed by atoms with Gasteiger partial charge in [0, 0.05) is 6.04 Å². The Morgan fingerprint density at radius 1 is 1.20 bits per heavy atom. The second-order valence-corrected chi connectivity index (χ2v) is 2.05. The van der Waals surface area contributed by atoms with Gasteiger partial charge in [-0.2, -0.15) is 0 Å². The molecule has 0 rings (SSSR count). The van der Waals surface area contributed by atoms with Gasteiger partial charge in [0.15, 0.2) is 0 Å². The highest BCUT2D eigenvalue weighted by Gasteiger charge is 2.08. The molecule has 0 saturated carbocycles. The van der Waals surface area contributed by atoms with E-state index in [1.165, 1.54) is 0 Å². The molecule has 10 heavy (non-hydrogen) atoms. The topological polar surface area (TPSA) is 46.2 Å². The van der Waals surface area contributed by atoms with Gasteiger partial charge in [0.2, 0.25) is 0 Å². The van der Waals surface area contributed by atoms with Crippen LogP contribution < -0.4 is 5.73 Å². The minimum atomic E-state index is -0.306. The van der Waals surface area contributed by atoms with E-state index in [0.29, 0.717) is 0 Å². The molecule has 0 aliphatic heterocycles. The molecular weight excluding hydrogens is 126 g/mol. The van der Waals surface area contributed by atoms with Crippen LogP contribution >= 0.6 is 0 Å². The Morgan fingerprint density at radius 3 is 1.70 bits per heavy atom. The zero-order chi connectivity index (χ0) is 8.57. The van der Waals surface area contributed by atoms with Gasteiger partial charge in [-0.15, -0.1) is 0 Å². The van der Waals surface area contributed by atoms with Gasteiger partial charge in [-0.1, -0.05) is 27.7 Å². The molecule has 0 aliphatic rings. The van der Waals surface area contributed by atoms with Crippen LogP contribution in [-0.4, -0.2) is 17.3 Å². The van der Waals surface area contributed by atoms with E-state index in [1.54, 1.807) is 0 Å². The zero-order valence-electron chi connectivity index (χ0n) is 7.59. The van der Waals surface area contributed by atoms with Crippen molar-refractivity contribution >= 4 is 0 Å². The summed E-state index contributed by atoms with van der Waals surface area (Å²) >= 11 is 0. The maximum atomic E-state index is 9.00. The first-order valence-electron chi connectivity index (χ1n) is 4.16. The van der Waals surface area contributed by atoms with Gasteiger partial charge in [0.1, 0.15) is 0 Å². The van der Waals surface area contributed by atoms with Gasteiger partial charge in [0.25, 0.3) is 0 Å². The zero-order valence-corrected chi connectivity index (χ0v) is 7.59. The molecule has 0 bridgehead atoms. The highest BCUT2D eigenvalue weighted by Crippen LogP contribution is 1.97. The lowest BCUT2D eigenvalue weighted by atomic mass is 10.1. The van der Waals surface area contributed by atoms with Crippen LogP contribution in [-0.2, 0) is 0 Å². The number of aliphatic hydroxyl groups excluding tert-OH is 1. The van der Waals surface area contributed by atoms with Crippen molar-refractivity contribution < 1.29 is 5.11 Å². The molecule has 0 aliphatic carbocycles. The summed E-state index contributed by atoms with van der Waals surface area (Å²) in [5.74, 6) is 0. The smallest absolute Gasteiger partial charge is 0.0688 e. The molecule has 0 spiro atoms. The standard InChI is InChI=1S/C6H15NO.C2H6/c1-3-5(7)6(8)4-2;1-2/h5-6,8H,3-4,7H2,1-2H3;1-2H3. The third-order valence-corrected chi connectivity index (χ3v) is 1.38. The largest absolute Gasteiger partial charge is 0.392 e. The lowest BCUT2D eigenvalue weighted by molar-refractivity contribution is 0.138. The fraction of sp³-hybridized carbons (Fsp3) is 1.00. The normalized spacial score (nSPS) is 15.0. The summed E-state index contributed by atoms with van der Waals surface area (Å²) < 4.78 is 0. The predicted molar refractivity (Wildman–Crippen MR) is 45.9 cm³/mol. The Kier molecular flexibility index (Phi) is 11.2. The summed E-state index contributed by atoms with van der Waals surface area (Å²) in [6.45, 7) is 7.91. The molecule has 0 heterocycles. The van der Waals surface area contributed by atoms with Crippen LogP contribution in [0.25, 0.3) is 0 Å². The summed E-state index contributed by atoms with van der Waals surface area (Å²) in [7, 11) is 0. The number of nitrogens with two attached hydrogens (primary N) is 1. The predicted octanol–water partition coefficient (Wildman–Crippen LogP) is 1.52. The highest BCUT2D eigenvalue weighted by atomic mass is 16.3. The average molecular weight is 147 g/mol. The summed E-state index contributed by atoms with van der Waals surface area (Å²) in [5, 5.41) is 9.00. The molecule has 0 aromatic heterocycles. The quantitative estimate of drug-likeness (QED) is 0.635. The fourth-order valence-corrected chi connectivity index (χ4v) is 0.575. The molecule has 2 atom stereocenters. The Balaban J connectivity index is 0. The van der Waals surface area contributed by atoms with E-state index < -0.39 is 0 Å². The Morgan fingerprint density at radius 2 is 1.60 bits per heavy atom. The molecule has 0 radical (unpaired) electrons. The first kappa shape index (κ1) is 12.6. The molecule has 2 nitrogen and oxygen atoms in total. The van der Waals surface area contributed by atoms with Crippen molar-refractivity contribution in [2.45, 2.75) is 52.7 Å². The van der Waals surface area contributed by atoms with Gasteiger partial charge in [-0.25, -0.2) is 0 Å². The van der Waals surface area contributed by atoms with Crippen molar-refractivity contribution in [1.82, 2.24) is 0 Å². The van der Waals surface area contributed by atoms with Gasteiger partial charge in [-0.05, 0) is 12.8 Å². The number of aliphatic hydroxyl groups is 1. The van der Waals surface area contributed by atoms with Crippen LogP contribution in [0.3, 0.4) is 0 Å². The van der Waals surface area contributed by atoms with Crippen molar-refractivity contribution in [3.05, 3.63) is 0 Å². The van der Waals surface area contributed by atoms with Gasteiger partial charge >= 0.3 is 0 Å². The van der Waals surface area contributed by atoms with E-state index in [9.17, 15) is 0 Å². The minimum absolute atomic E-state index is 0.0278. The first-order valence-corrected chi connectivity index (χ1v) is 4.16. The second kappa shape index (κ2) is 8.92. The van der Waals surface area contributed by atoms with Crippen molar-refractivity contribution in [2.75, 3.05) is 0 Å². The van der Waals surface area contributed by atoms with Crippen LogP contribution in [0.4, 0.5) is 0 Å². The maximum absolute atomic E-state index is 9.00. The molecule has 0 amide bonds. The van der Waals surface area contributed by atoms with E-state index in [1.807, 2.05) is 27.7 Å². The molecule has 0 aromatic carbocycles. The Bertz CT molecular complexity index is 49.2. The van der Waals surface area contributed by atoms with Gasteiger partial charge in [0.05, 0.1) is 6.10 Å². The third kappa shape index (κ3) is 6.05. The third-order valence-electron chi connectivity index (χ3n) is 1.38. The van der Waals surface area contributed by atoms with Gasteiger partial charge in [-0.3, -0.25) is 0 Å². The van der Waals surface area contributed by atoms with E-state index in [2.05, 4.69) is 0 Å². The molecule has 0 aromatic rings. The SMILES string of the molecule is CC.CCC(N)C(O)CC. The average Bonchev–Trinajstić information content (AvgIpc) is 2.05. The summed E-state index contributed by atoms with van der Waals surface area (Å²) in [4.78, 5) is 0. The lowest BCUT2D eigenvalue weighted by Crippen LogP contribution is -2.33. The van der Waals surface area contributed by atoms with E-state index in [0.717, 1.165) is 12.8 Å². The summed E-state index contributed by atoms with van der Waals surface area (Å²) in [6.07, 6.45) is 1.31. The number of rotatable bonds is 3. The molecule has 3 N–H and O–H groups in total. The van der Waals surface area contributed by atoms with Crippen LogP contribution in [0.15, 0.2) is 0 Å². The van der Waals surface area contributed by atoms with Crippen molar-refractivity contribution in [3.8, 4) is 0 Å². The van der Waals surface area contributed by atoms with E-state index >= 15 is 0 Å². The van der Waals surface area contributed by atoms with Crippen LogP contribution in [0.5, 0.6) is 0 Å². The summed E-state index contributed by atoms with van der Waals surface area (Å²) in [6, 6.07) is -0.0278. The summed E-state index contributed by atoms with van der Waals surface area (Å²) in [5.41, 5.74) is 5.48. The molecule has 2 unspecified atom stereocenters. The minimum Gasteiger partial charge on any atom is -0.392 e. The molecule has 0 fully saturated rings. The monoisotopic (exact) mass is 147 g/mol. The lowest BCUT2D eigenvalue weighted by Gasteiger charge is -2.13. The first-order chi connectivity index (χ1) is 4.72. The molecule has 0 saturated heterocycles. The van der Waals surface area contributed by atoms with Crippen molar-refractivity contribution in [1.29, 1.82) is 0 Å². The molecule has 2 heteroatoms. The van der Waals surface area contributed by atoms with Crippen molar-refractivity contribution in [2.24, 2.45) is 5.73 Å². The molecular formula is C8H21NO. The number of hydrogen-bond acceptors (Lipinski definition) is 2. The van der Waals surface area contributed by atoms with Crippen LogP contribution in [0.1, 0.15) is 40.5 Å². The van der Waals surface area contributed by atoms with Crippen LogP contribution in [0, 0.1) is 0 Å². The van der Waals surface area contributed by atoms with Crippen molar-refractivity contribution in [3.63, 3.8) is 0 Å².